The molecule has 1 aliphatic rings. The molecule has 5 heteroatoms. The molecule has 2 heterocycles. The van der Waals surface area contributed by atoms with E-state index in [2.05, 4.69) is 20.7 Å². The van der Waals surface area contributed by atoms with E-state index in [0.717, 1.165) is 22.8 Å². The lowest BCUT2D eigenvalue weighted by Crippen LogP contribution is -2.12. The molecule has 19 heavy (non-hydrogen) atoms. The molecule has 0 aliphatic heterocycles. The molecule has 1 amide bonds. The van der Waals surface area contributed by atoms with Crippen LogP contribution in [-0.2, 0) is 11.2 Å². The fraction of sp³-hybridized carbons (Fsp3) is 0.357. The third-order valence-electron chi connectivity index (χ3n) is 3.15. The second-order valence-corrected chi connectivity index (χ2v) is 5.61. The van der Waals surface area contributed by atoms with Crippen LogP contribution in [0.1, 0.15) is 36.4 Å². The molecule has 2 aromatic heterocycles. The van der Waals surface area contributed by atoms with Crippen LogP contribution in [0.25, 0.3) is 0 Å². The van der Waals surface area contributed by atoms with Crippen molar-refractivity contribution in [3.63, 3.8) is 0 Å². The number of aryl methyl sites for hydroxylation is 1. The molecule has 0 spiro atoms. The summed E-state index contributed by atoms with van der Waals surface area (Å²) >= 11 is 1.51. The summed E-state index contributed by atoms with van der Waals surface area (Å²) in [5.41, 5.74) is 2.26. The summed E-state index contributed by atoms with van der Waals surface area (Å²) in [5, 5.41) is 5.64. The van der Waals surface area contributed by atoms with Crippen molar-refractivity contribution in [2.24, 2.45) is 0 Å². The van der Waals surface area contributed by atoms with E-state index in [0.29, 0.717) is 12.3 Å². The minimum atomic E-state index is 0.0218. The second-order valence-electron chi connectivity index (χ2n) is 4.76. The highest BCUT2D eigenvalue weighted by Gasteiger charge is 2.26. The molecule has 0 radical (unpaired) electrons. The van der Waals surface area contributed by atoms with Gasteiger partial charge in [-0.15, -0.1) is 11.3 Å². The maximum absolute atomic E-state index is 11.8. The summed E-state index contributed by atoms with van der Waals surface area (Å²) in [5.74, 6) is 0.659. The van der Waals surface area contributed by atoms with Crippen molar-refractivity contribution < 1.29 is 4.79 Å². The van der Waals surface area contributed by atoms with Crippen molar-refractivity contribution in [3.8, 4) is 0 Å². The van der Waals surface area contributed by atoms with Gasteiger partial charge in [0.2, 0.25) is 5.91 Å². The van der Waals surface area contributed by atoms with Gasteiger partial charge in [-0.1, -0.05) is 0 Å². The summed E-state index contributed by atoms with van der Waals surface area (Å²) in [6.45, 7) is 0. The first kappa shape index (κ1) is 12.3. The Kier molecular flexibility index (Phi) is 3.55. The highest BCUT2D eigenvalue weighted by atomic mass is 32.1. The number of nitrogens with zero attached hydrogens (tertiary/aromatic N) is 2. The van der Waals surface area contributed by atoms with Gasteiger partial charge in [0.25, 0.3) is 0 Å². The van der Waals surface area contributed by atoms with Crippen LogP contribution in [0.3, 0.4) is 0 Å². The highest BCUT2D eigenvalue weighted by molar-refractivity contribution is 7.13. The Morgan fingerprint density at radius 1 is 1.37 bits per heavy atom. The molecule has 0 unspecified atom stereocenters. The third-order valence-corrected chi connectivity index (χ3v) is 3.93. The number of hydrogen-bond donors (Lipinski definition) is 1. The van der Waals surface area contributed by atoms with Gasteiger partial charge in [0.05, 0.1) is 5.69 Å². The number of hydrogen-bond acceptors (Lipinski definition) is 4. The van der Waals surface area contributed by atoms with Crippen LogP contribution in [0.4, 0.5) is 5.13 Å². The Labute approximate surface area is 115 Å². The minimum Gasteiger partial charge on any atom is -0.302 e. The number of pyridine rings is 1. The van der Waals surface area contributed by atoms with Gasteiger partial charge in [-0.2, -0.15) is 0 Å². The van der Waals surface area contributed by atoms with Crippen molar-refractivity contribution in [3.05, 3.63) is 41.2 Å². The summed E-state index contributed by atoms with van der Waals surface area (Å²) in [4.78, 5) is 20.2. The summed E-state index contributed by atoms with van der Waals surface area (Å²) in [7, 11) is 0. The van der Waals surface area contributed by atoms with E-state index < -0.39 is 0 Å². The standard InChI is InChI=1S/C14H15N3OS/c18-13(4-1-10-5-7-15-8-6-10)17-14-16-12(9-19-14)11-2-3-11/h5-9,11H,1-4H2,(H,16,17,18). The SMILES string of the molecule is O=C(CCc1ccncc1)Nc1nc(C2CC2)cs1. The quantitative estimate of drug-likeness (QED) is 0.911. The van der Waals surface area contributed by atoms with Crippen LogP contribution < -0.4 is 5.32 Å². The molecule has 4 nitrogen and oxygen atoms in total. The first-order chi connectivity index (χ1) is 9.31. The monoisotopic (exact) mass is 273 g/mol. The molecular weight excluding hydrogens is 258 g/mol. The minimum absolute atomic E-state index is 0.0218. The van der Waals surface area contributed by atoms with Crippen LogP contribution in [-0.4, -0.2) is 15.9 Å². The van der Waals surface area contributed by atoms with Crippen molar-refractivity contribution in [2.45, 2.75) is 31.6 Å². The van der Waals surface area contributed by atoms with Crippen LogP contribution >= 0.6 is 11.3 Å². The van der Waals surface area contributed by atoms with Gasteiger partial charge < -0.3 is 5.32 Å². The van der Waals surface area contributed by atoms with Crippen molar-refractivity contribution in [2.75, 3.05) is 5.32 Å². The molecular formula is C14H15N3OS. The Balaban J connectivity index is 1.50. The summed E-state index contributed by atoms with van der Waals surface area (Å²) < 4.78 is 0. The van der Waals surface area contributed by atoms with Gasteiger partial charge in [0.1, 0.15) is 0 Å². The van der Waals surface area contributed by atoms with Gasteiger partial charge in [-0.05, 0) is 37.0 Å². The normalized spacial score (nSPS) is 14.3. The molecule has 2 aromatic rings. The van der Waals surface area contributed by atoms with Crippen LogP contribution in [0, 0.1) is 0 Å². The average molecular weight is 273 g/mol. The van der Waals surface area contributed by atoms with E-state index in [4.69, 9.17) is 0 Å². The fourth-order valence-corrected chi connectivity index (χ4v) is 2.71. The van der Waals surface area contributed by atoms with Gasteiger partial charge in [0, 0.05) is 30.1 Å². The van der Waals surface area contributed by atoms with Gasteiger partial charge in [-0.3, -0.25) is 9.78 Å². The van der Waals surface area contributed by atoms with Gasteiger partial charge in [0.15, 0.2) is 5.13 Å². The zero-order valence-corrected chi connectivity index (χ0v) is 11.3. The lowest BCUT2D eigenvalue weighted by molar-refractivity contribution is -0.116. The molecule has 0 bridgehead atoms. The van der Waals surface area contributed by atoms with Crippen molar-refractivity contribution in [1.29, 1.82) is 0 Å². The first-order valence-corrected chi connectivity index (χ1v) is 7.33. The molecule has 1 N–H and O–H groups in total. The lowest BCUT2D eigenvalue weighted by atomic mass is 10.1. The van der Waals surface area contributed by atoms with Gasteiger partial charge >= 0.3 is 0 Å². The van der Waals surface area contributed by atoms with Crippen LogP contribution in [0.5, 0.6) is 0 Å². The zero-order chi connectivity index (χ0) is 13.1. The number of rotatable bonds is 5. The first-order valence-electron chi connectivity index (χ1n) is 6.45. The Morgan fingerprint density at radius 3 is 2.89 bits per heavy atom. The second kappa shape index (κ2) is 5.48. The number of carbonyl (C=O) groups excluding carboxylic acids is 1. The molecule has 0 aromatic carbocycles. The highest BCUT2D eigenvalue weighted by Crippen LogP contribution is 2.40. The maximum Gasteiger partial charge on any atom is 0.226 e. The summed E-state index contributed by atoms with van der Waals surface area (Å²) in [6.07, 6.45) is 7.17. The number of aromatic nitrogens is 2. The van der Waals surface area contributed by atoms with Crippen LogP contribution in [0.2, 0.25) is 0 Å². The Hall–Kier alpha value is -1.75. The third kappa shape index (κ3) is 3.38. The van der Waals surface area contributed by atoms with Crippen molar-refractivity contribution in [1.82, 2.24) is 9.97 Å². The number of amides is 1. The van der Waals surface area contributed by atoms with E-state index in [1.54, 1.807) is 12.4 Å². The maximum atomic E-state index is 11.8. The smallest absolute Gasteiger partial charge is 0.226 e. The van der Waals surface area contributed by atoms with E-state index in [1.807, 2.05) is 12.1 Å². The Bertz CT molecular complexity index is 563. The Morgan fingerprint density at radius 2 is 2.16 bits per heavy atom. The van der Waals surface area contributed by atoms with E-state index in [1.165, 1.54) is 24.2 Å². The topological polar surface area (TPSA) is 54.9 Å². The van der Waals surface area contributed by atoms with E-state index in [9.17, 15) is 4.79 Å². The van der Waals surface area contributed by atoms with Crippen LogP contribution in [0.15, 0.2) is 29.9 Å². The molecule has 1 aliphatic carbocycles. The van der Waals surface area contributed by atoms with Gasteiger partial charge in [-0.25, -0.2) is 4.98 Å². The number of thiazole rings is 1. The number of carbonyl (C=O) groups is 1. The molecule has 3 rings (SSSR count). The largest absolute Gasteiger partial charge is 0.302 e. The molecule has 98 valence electrons. The summed E-state index contributed by atoms with van der Waals surface area (Å²) in [6, 6.07) is 3.86. The van der Waals surface area contributed by atoms with E-state index >= 15 is 0 Å². The number of anilines is 1. The lowest BCUT2D eigenvalue weighted by Gasteiger charge is -2.01. The molecule has 0 atom stereocenters. The number of nitrogens with one attached hydrogen (secondary N) is 1. The fourth-order valence-electron chi connectivity index (χ4n) is 1.90. The predicted octanol–water partition coefficient (Wildman–Crippen LogP) is 2.99. The molecule has 1 saturated carbocycles. The van der Waals surface area contributed by atoms with Crippen molar-refractivity contribution >= 4 is 22.4 Å². The molecule has 0 saturated heterocycles. The van der Waals surface area contributed by atoms with E-state index in [-0.39, 0.29) is 5.91 Å². The zero-order valence-electron chi connectivity index (χ0n) is 10.5. The molecule has 1 fully saturated rings. The predicted molar refractivity (Wildman–Crippen MR) is 75.3 cm³/mol. The average Bonchev–Trinajstić information content (AvgIpc) is 3.19.